The Kier molecular flexibility index (Phi) is 8.22. The highest BCUT2D eigenvalue weighted by molar-refractivity contribution is 9.10. The Bertz CT molecular complexity index is 406. The zero-order valence-electron chi connectivity index (χ0n) is 13.4. The summed E-state index contributed by atoms with van der Waals surface area (Å²) in [5, 5.41) is 8.87. The Morgan fingerprint density at radius 3 is 2.55 bits per heavy atom. The van der Waals surface area contributed by atoms with Gasteiger partial charge < -0.3 is 5.32 Å². The van der Waals surface area contributed by atoms with Crippen LogP contribution in [0.3, 0.4) is 0 Å². The Morgan fingerprint density at radius 2 is 2.05 bits per heavy atom. The molecule has 0 saturated heterocycles. The van der Waals surface area contributed by atoms with Crippen LogP contribution in [-0.4, -0.2) is 33.9 Å². The predicted octanol–water partition coefficient (Wildman–Crippen LogP) is 3.89. The summed E-state index contributed by atoms with van der Waals surface area (Å²) in [4.78, 5) is 0. The SMILES string of the molecule is CCc1nn(CC)c(CC(CSC(C)CC)NC)c1Br. The fourth-order valence-electron chi connectivity index (χ4n) is 2.09. The Balaban J connectivity index is 2.76. The molecule has 1 aromatic rings. The molecule has 1 heterocycles. The summed E-state index contributed by atoms with van der Waals surface area (Å²) in [7, 11) is 2.06. The average molecular weight is 362 g/mol. The number of hydrogen-bond donors (Lipinski definition) is 1. The standard InChI is InChI=1S/C15H28BrN3S/c1-6-11(4)20-10-12(17-5)9-14-15(16)13(7-2)18-19(14)8-3/h11-12,17H,6-10H2,1-5H3. The number of nitrogens with zero attached hydrogens (tertiary/aromatic N) is 2. The van der Waals surface area contributed by atoms with Gasteiger partial charge in [0, 0.05) is 30.0 Å². The molecule has 0 spiro atoms. The molecular formula is C15H28BrN3S. The molecule has 2 unspecified atom stereocenters. The molecule has 0 radical (unpaired) electrons. The van der Waals surface area contributed by atoms with Gasteiger partial charge >= 0.3 is 0 Å². The van der Waals surface area contributed by atoms with Gasteiger partial charge in [0.2, 0.25) is 0 Å². The van der Waals surface area contributed by atoms with Gasteiger partial charge in [-0.3, -0.25) is 4.68 Å². The van der Waals surface area contributed by atoms with Crippen molar-refractivity contribution in [2.75, 3.05) is 12.8 Å². The van der Waals surface area contributed by atoms with Crippen molar-refractivity contribution in [1.29, 1.82) is 0 Å². The van der Waals surface area contributed by atoms with E-state index in [1.165, 1.54) is 22.3 Å². The van der Waals surface area contributed by atoms with Crippen LogP contribution in [0, 0.1) is 0 Å². The summed E-state index contributed by atoms with van der Waals surface area (Å²) in [5.74, 6) is 1.15. The zero-order valence-corrected chi connectivity index (χ0v) is 15.8. The quantitative estimate of drug-likeness (QED) is 0.723. The van der Waals surface area contributed by atoms with E-state index in [0.717, 1.165) is 30.4 Å². The van der Waals surface area contributed by atoms with E-state index in [0.29, 0.717) is 6.04 Å². The lowest BCUT2D eigenvalue weighted by Crippen LogP contribution is -2.31. The molecule has 5 heteroatoms. The molecule has 0 amide bonds. The maximum atomic E-state index is 4.68. The van der Waals surface area contributed by atoms with E-state index >= 15 is 0 Å². The minimum Gasteiger partial charge on any atom is -0.316 e. The van der Waals surface area contributed by atoms with Crippen LogP contribution in [0.25, 0.3) is 0 Å². The third kappa shape index (κ3) is 4.78. The fraction of sp³-hybridized carbons (Fsp3) is 0.800. The Hall–Kier alpha value is -0.0000000000000000555. The van der Waals surface area contributed by atoms with Crippen molar-refractivity contribution in [1.82, 2.24) is 15.1 Å². The number of thioether (sulfide) groups is 1. The van der Waals surface area contributed by atoms with Crippen LogP contribution in [0.5, 0.6) is 0 Å². The first kappa shape index (κ1) is 18.1. The van der Waals surface area contributed by atoms with E-state index in [4.69, 9.17) is 0 Å². The number of halogens is 1. The first-order valence-corrected chi connectivity index (χ1v) is 9.44. The third-order valence-corrected chi connectivity index (χ3v) is 6.11. The van der Waals surface area contributed by atoms with Crippen LogP contribution in [0.4, 0.5) is 0 Å². The van der Waals surface area contributed by atoms with Crippen LogP contribution >= 0.6 is 27.7 Å². The van der Waals surface area contributed by atoms with Gasteiger partial charge in [-0.05, 0) is 42.7 Å². The largest absolute Gasteiger partial charge is 0.316 e. The smallest absolute Gasteiger partial charge is 0.0766 e. The summed E-state index contributed by atoms with van der Waals surface area (Å²) in [6, 6.07) is 0.497. The fourth-order valence-corrected chi connectivity index (χ4v) is 3.90. The van der Waals surface area contributed by atoms with Crippen molar-refractivity contribution in [3.8, 4) is 0 Å². The van der Waals surface area contributed by atoms with E-state index in [1.54, 1.807) is 0 Å². The molecule has 0 saturated carbocycles. The molecule has 0 aliphatic heterocycles. The molecule has 1 rings (SSSR count). The molecule has 2 atom stereocenters. The van der Waals surface area contributed by atoms with E-state index in [9.17, 15) is 0 Å². The highest BCUT2D eigenvalue weighted by Crippen LogP contribution is 2.25. The summed E-state index contributed by atoms with van der Waals surface area (Å²) in [6.45, 7) is 9.81. The molecule has 0 aromatic carbocycles. The van der Waals surface area contributed by atoms with Gasteiger partial charge in [-0.15, -0.1) is 0 Å². The van der Waals surface area contributed by atoms with Gasteiger partial charge in [-0.25, -0.2) is 0 Å². The second kappa shape index (κ2) is 9.11. The number of nitrogens with one attached hydrogen (secondary N) is 1. The molecule has 1 aromatic heterocycles. The highest BCUT2D eigenvalue weighted by atomic mass is 79.9. The van der Waals surface area contributed by atoms with Gasteiger partial charge in [-0.1, -0.05) is 20.8 Å². The average Bonchev–Trinajstić information content (AvgIpc) is 2.78. The van der Waals surface area contributed by atoms with Crippen LogP contribution in [-0.2, 0) is 19.4 Å². The van der Waals surface area contributed by atoms with Crippen LogP contribution < -0.4 is 5.32 Å². The van der Waals surface area contributed by atoms with Crippen LogP contribution in [0.1, 0.15) is 45.5 Å². The van der Waals surface area contributed by atoms with Crippen molar-refractivity contribution in [2.24, 2.45) is 0 Å². The van der Waals surface area contributed by atoms with E-state index in [1.807, 2.05) is 0 Å². The number of hydrogen-bond acceptors (Lipinski definition) is 3. The molecule has 1 N–H and O–H groups in total. The van der Waals surface area contributed by atoms with Gasteiger partial charge in [0.25, 0.3) is 0 Å². The first-order valence-electron chi connectivity index (χ1n) is 7.60. The van der Waals surface area contributed by atoms with E-state index < -0.39 is 0 Å². The van der Waals surface area contributed by atoms with Crippen molar-refractivity contribution in [3.63, 3.8) is 0 Å². The lowest BCUT2D eigenvalue weighted by atomic mass is 10.1. The summed E-state index contributed by atoms with van der Waals surface area (Å²) in [6.07, 6.45) is 3.24. The molecule has 116 valence electrons. The highest BCUT2D eigenvalue weighted by Gasteiger charge is 2.18. The maximum Gasteiger partial charge on any atom is 0.0766 e. The van der Waals surface area contributed by atoms with Crippen molar-refractivity contribution < 1.29 is 0 Å². The first-order chi connectivity index (χ1) is 9.57. The zero-order chi connectivity index (χ0) is 15.1. The van der Waals surface area contributed by atoms with E-state index in [-0.39, 0.29) is 0 Å². The summed E-state index contributed by atoms with van der Waals surface area (Å²) >= 11 is 5.79. The lowest BCUT2D eigenvalue weighted by molar-refractivity contribution is 0.554. The number of likely N-dealkylation sites (N-methyl/N-ethyl adjacent to an activating group) is 1. The number of aromatic nitrogens is 2. The van der Waals surface area contributed by atoms with Crippen molar-refractivity contribution in [3.05, 3.63) is 15.9 Å². The van der Waals surface area contributed by atoms with Gasteiger partial charge in [0.05, 0.1) is 15.9 Å². The van der Waals surface area contributed by atoms with Crippen LogP contribution in [0.15, 0.2) is 4.47 Å². The normalized spacial score (nSPS) is 14.5. The van der Waals surface area contributed by atoms with Crippen LogP contribution in [0.2, 0.25) is 0 Å². The molecule has 0 bridgehead atoms. The number of aryl methyl sites for hydroxylation is 2. The lowest BCUT2D eigenvalue weighted by Gasteiger charge is -2.18. The van der Waals surface area contributed by atoms with Crippen molar-refractivity contribution >= 4 is 27.7 Å². The summed E-state index contributed by atoms with van der Waals surface area (Å²) < 4.78 is 3.34. The molecule has 0 aliphatic carbocycles. The monoisotopic (exact) mass is 361 g/mol. The van der Waals surface area contributed by atoms with E-state index in [2.05, 4.69) is 77.5 Å². The van der Waals surface area contributed by atoms with Gasteiger partial charge in [0.1, 0.15) is 0 Å². The minimum atomic E-state index is 0.497. The molecule has 20 heavy (non-hydrogen) atoms. The molecular weight excluding hydrogens is 334 g/mol. The minimum absolute atomic E-state index is 0.497. The van der Waals surface area contributed by atoms with Gasteiger partial charge in [-0.2, -0.15) is 16.9 Å². The molecule has 0 aliphatic rings. The maximum absolute atomic E-state index is 4.68. The van der Waals surface area contributed by atoms with Gasteiger partial charge in [0.15, 0.2) is 0 Å². The predicted molar refractivity (Wildman–Crippen MR) is 93.7 cm³/mol. The molecule has 0 fully saturated rings. The Morgan fingerprint density at radius 1 is 1.35 bits per heavy atom. The number of rotatable bonds is 9. The second-order valence-electron chi connectivity index (χ2n) is 5.12. The topological polar surface area (TPSA) is 29.9 Å². The third-order valence-electron chi connectivity index (χ3n) is 3.70. The van der Waals surface area contributed by atoms with Crippen molar-refractivity contribution in [2.45, 2.75) is 64.8 Å². The Labute approximate surface area is 136 Å². The molecule has 3 nitrogen and oxygen atoms in total. The second-order valence-corrected chi connectivity index (χ2v) is 7.38. The summed E-state index contributed by atoms with van der Waals surface area (Å²) in [5.41, 5.74) is 2.50.